The molecule has 1 fully saturated rings. The highest BCUT2D eigenvalue weighted by molar-refractivity contribution is 5.01. The first kappa shape index (κ1) is 15.2. The molecule has 1 saturated carbocycles. The average molecular weight is 186 g/mol. The fraction of sp³-hybridized carbons (Fsp3) is 0.833. The molecule has 1 heteroatoms. The summed E-state index contributed by atoms with van der Waals surface area (Å²) in [6.45, 7) is 10.3. The van der Waals surface area contributed by atoms with Gasteiger partial charge in [0, 0.05) is 7.11 Å². The molecular formula is C12H26O. The summed E-state index contributed by atoms with van der Waals surface area (Å²) in [5, 5.41) is 7.00. The summed E-state index contributed by atoms with van der Waals surface area (Å²) < 4.78 is 0. The van der Waals surface area contributed by atoms with Crippen LogP contribution in [-0.2, 0) is 0 Å². The summed E-state index contributed by atoms with van der Waals surface area (Å²) in [4.78, 5) is 0. The summed E-state index contributed by atoms with van der Waals surface area (Å²) in [6, 6.07) is 0. The molecule has 0 spiro atoms. The molecule has 1 rings (SSSR count). The lowest BCUT2D eigenvalue weighted by molar-refractivity contribution is 0.399. The maximum atomic E-state index is 7.00. The van der Waals surface area contributed by atoms with E-state index in [0.29, 0.717) is 0 Å². The molecule has 0 atom stereocenters. The third kappa shape index (κ3) is 6.83. The van der Waals surface area contributed by atoms with E-state index in [4.69, 9.17) is 5.11 Å². The highest BCUT2D eigenvalue weighted by Crippen LogP contribution is 2.31. The Hall–Kier alpha value is -0.300. The second-order valence-corrected chi connectivity index (χ2v) is 2.99. The molecule has 13 heavy (non-hydrogen) atoms. The Balaban J connectivity index is 0. The average Bonchev–Trinajstić information content (AvgIpc) is 2.76. The fourth-order valence-corrected chi connectivity index (χ4v) is 1.62. The van der Waals surface area contributed by atoms with Crippen molar-refractivity contribution in [3.63, 3.8) is 0 Å². The van der Waals surface area contributed by atoms with Crippen molar-refractivity contribution in [2.75, 3.05) is 7.11 Å². The molecule has 0 bridgehead atoms. The third-order valence-corrected chi connectivity index (χ3v) is 2.39. The van der Waals surface area contributed by atoms with Crippen LogP contribution in [0.4, 0.5) is 0 Å². The number of allylic oxidation sites excluding steroid dienone is 1. The fourth-order valence-electron chi connectivity index (χ4n) is 1.62. The van der Waals surface area contributed by atoms with Crippen molar-refractivity contribution in [1.82, 2.24) is 0 Å². The summed E-state index contributed by atoms with van der Waals surface area (Å²) in [6.07, 6.45) is 6.87. The smallest absolute Gasteiger partial charge is 0.0319 e. The first-order valence-electron chi connectivity index (χ1n) is 5.47. The zero-order chi connectivity index (χ0) is 10.7. The molecule has 1 nitrogen and oxygen atoms in total. The lowest BCUT2D eigenvalue weighted by Crippen LogP contribution is -1.94. The zero-order valence-corrected chi connectivity index (χ0v) is 9.77. The number of aliphatic hydroxyl groups excluding tert-OH is 1. The molecule has 1 aliphatic rings. The monoisotopic (exact) mass is 186 g/mol. The van der Waals surface area contributed by atoms with Gasteiger partial charge >= 0.3 is 0 Å². The van der Waals surface area contributed by atoms with Crippen molar-refractivity contribution in [3.8, 4) is 0 Å². The largest absolute Gasteiger partial charge is 0.400 e. The molecule has 0 aromatic rings. The lowest BCUT2D eigenvalue weighted by Gasteiger charge is -2.08. The van der Waals surface area contributed by atoms with Crippen LogP contribution >= 0.6 is 0 Å². The quantitative estimate of drug-likeness (QED) is 0.651. The van der Waals surface area contributed by atoms with E-state index in [9.17, 15) is 0 Å². The SMILES string of the molecule is C=C(CC)C1CCCC1.CC.CO. The molecule has 1 N–H and O–H groups in total. The Morgan fingerprint density at radius 1 is 1.23 bits per heavy atom. The van der Waals surface area contributed by atoms with E-state index in [2.05, 4.69) is 13.5 Å². The van der Waals surface area contributed by atoms with Crippen LogP contribution in [0, 0.1) is 5.92 Å². The number of aliphatic hydroxyl groups is 1. The summed E-state index contributed by atoms with van der Waals surface area (Å²) in [5.41, 5.74) is 1.48. The minimum absolute atomic E-state index is 0.884. The van der Waals surface area contributed by atoms with Crippen molar-refractivity contribution in [3.05, 3.63) is 12.2 Å². The van der Waals surface area contributed by atoms with E-state index in [0.717, 1.165) is 13.0 Å². The Morgan fingerprint density at radius 2 is 1.62 bits per heavy atom. The molecule has 0 unspecified atom stereocenters. The highest BCUT2D eigenvalue weighted by atomic mass is 16.2. The lowest BCUT2D eigenvalue weighted by atomic mass is 9.97. The van der Waals surface area contributed by atoms with Crippen LogP contribution in [0.15, 0.2) is 12.2 Å². The molecule has 0 aromatic heterocycles. The van der Waals surface area contributed by atoms with Crippen LogP contribution in [0.3, 0.4) is 0 Å². The molecule has 0 radical (unpaired) electrons. The maximum Gasteiger partial charge on any atom is 0.0319 e. The molecule has 1 aliphatic carbocycles. The summed E-state index contributed by atoms with van der Waals surface area (Å²) in [5.74, 6) is 0.884. The third-order valence-electron chi connectivity index (χ3n) is 2.39. The highest BCUT2D eigenvalue weighted by Gasteiger charge is 2.15. The zero-order valence-electron chi connectivity index (χ0n) is 9.77. The molecule has 0 aliphatic heterocycles. The van der Waals surface area contributed by atoms with Crippen LogP contribution in [0.25, 0.3) is 0 Å². The minimum Gasteiger partial charge on any atom is -0.400 e. The normalized spacial score (nSPS) is 15.2. The van der Waals surface area contributed by atoms with Crippen LogP contribution in [0.1, 0.15) is 52.9 Å². The van der Waals surface area contributed by atoms with Crippen molar-refractivity contribution in [1.29, 1.82) is 0 Å². The van der Waals surface area contributed by atoms with Crippen molar-refractivity contribution < 1.29 is 5.11 Å². The van der Waals surface area contributed by atoms with Gasteiger partial charge in [-0.15, -0.1) is 0 Å². The van der Waals surface area contributed by atoms with E-state index < -0.39 is 0 Å². The van der Waals surface area contributed by atoms with E-state index in [-0.39, 0.29) is 0 Å². The molecule has 0 saturated heterocycles. The topological polar surface area (TPSA) is 20.2 Å². The van der Waals surface area contributed by atoms with Crippen molar-refractivity contribution in [2.24, 2.45) is 5.92 Å². The first-order valence-corrected chi connectivity index (χ1v) is 5.47. The van der Waals surface area contributed by atoms with Crippen LogP contribution in [-0.4, -0.2) is 12.2 Å². The van der Waals surface area contributed by atoms with Gasteiger partial charge in [-0.25, -0.2) is 0 Å². The first-order chi connectivity index (χ1) is 6.34. The Labute approximate surface area is 83.9 Å². The van der Waals surface area contributed by atoms with Gasteiger partial charge in [0.05, 0.1) is 0 Å². The molecule has 80 valence electrons. The number of rotatable bonds is 2. The molecule has 0 amide bonds. The van der Waals surface area contributed by atoms with Crippen molar-refractivity contribution in [2.45, 2.75) is 52.9 Å². The van der Waals surface area contributed by atoms with Crippen molar-refractivity contribution >= 4 is 0 Å². The molecular weight excluding hydrogens is 160 g/mol. The predicted molar refractivity (Wildman–Crippen MR) is 60.9 cm³/mol. The van der Waals surface area contributed by atoms with Gasteiger partial charge in [-0.2, -0.15) is 0 Å². The standard InChI is InChI=1S/C9H16.C2H6.CH4O/c1-3-8(2)9-6-4-5-7-9;2*1-2/h9H,2-7H2,1H3;1-2H3;2H,1H3. The van der Waals surface area contributed by atoms with Gasteiger partial charge in [0.25, 0.3) is 0 Å². The maximum absolute atomic E-state index is 7.00. The van der Waals surface area contributed by atoms with E-state index >= 15 is 0 Å². The van der Waals surface area contributed by atoms with Crippen LogP contribution in [0.2, 0.25) is 0 Å². The molecule has 0 aromatic carbocycles. The Bertz CT molecular complexity index is 102. The summed E-state index contributed by atoms with van der Waals surface area (Å²) in [7, 11) is 1.00. The van der Waals surface area contributed by atoms with Crippen LogP contribution < -0.4 is 0 Å². The molecule has 0 heterocycles. The Morgan fingerprint density at radius 3 is 1.92 bits per heavy atom. The Kier molecular flexibility index (Phi) is 13.7. The second kappa shape index (κ2) is 11.7. The van der Waals surface area contributed by atoms with Gasteiger partial charge in [-0.1, -0.05) is 45.8 Å². The van der Waals surface area contributed by atoms with Gasteiger partial charge in [0.2, 0.25) is 0 Å². The van der Waals surface area contributed by atoms with Gasteiger partial charge < -0.3 is 5.11 Å². The number of hydrogen-bond acceptors (Lipinski definition) is 1. The number of hydrogen-bond donors (Lipinski definition) is 1. The van der Waals surface area contributed by atoms with E-state index in [1.54, 1.807) is 0 Å². The minimum atomic E-state index is 0.884. The summed E-state index contributed by atoms with van der Waals surface area (Å²) >= 11 is 0. The van der Waals surface area contributed by atoms with Gasteiger partial charge in [0.15, 0.2) is 0 Å². The van der Waals surface area contributed by atoms with E-state index in [1.807, 2.05) is 13.8 Å². The van der Waals surface area contributed by atoms with Gasteiger partial charge in [-0.05, 0) is 25.2 Å². The van der Waals surface area contributed by atoms with E-state index in [1.165, 1.54) is 37.7 Å². The second-order valence-electron chi connectivity index (χ2n) is 2.99. The van der Waals surface area contributed by atoms with Gasteiger partial charge in [-0.3, -0.25) is 0 Å². The van der Waals surface area contributed by atoms with Crippen LogP contribution in [0.5, 0.6) is 0 Å². The van der Waals surface area contributed by atoms with Gasteiger partial charge in [0.1, 0.15) is 0 Å². The predicted octanol–water partition coefficient (Wildman–Crippen LogP) is 3.78.